The van der Waals surface area contributed by atoms with Crippen molar-refractivity contribution in [3.05, 3.63) is 36.7 Å². The van der Waals surface area contributed by atoms with Gasteiger partial charge in [0.15, 0.2) is 6.61 Å². The first-order chi connectivity index (χ1) is 15.2. The number of anilines is 1. The van der Waals surface area contributed by atoms with Gasteiger partial charge in [-0.05, 0) is 51.5 Å². The number of esters is 2. The van der Waals surface area contributed by atoms with Gasteiger partial charge in [-0.3, -0.25) is 14.4 Å². The molecule has 0 bridgehead atoms. The number of amides is 1. The SMILES string of the molecule is Cc1csc(=O)n1CCC(=O)OCC(=O)Nc1sc2c(c1C(=O)OC(C)C)CC[C@H](C)C2. The fourth-order valence-corrected chi connectivity index (χ4v) is 5.76. The lowest BCUT2D eigenvalue weighted by Gasteiger charge is -2.18. The average molecular weight is 481 g/mol. The van der Waals surface area contributed by atoms with Gasteiger partial charge in [0.1, 0.15) is 5.00 Å². The molecule has 0 unspecified atom stereocenters. The van der Waals surface area contributed by atoms with E-state index in [1.165, 1.54) is 15.9 Å². The van der Waals surface area contributed by atoms with Crippen LogP contribution >= 0.6 is 22.7 Å². The monoisotopic (exact) mass is 480 g/mol. The van der Waals surface area contributed by atoms with Crippen molar-refractivity contribution in [2.75, 3.05) is 11.9 Å². The molecule has 0 saturated heterocycles. The van der Waals surface area contributed by atoms with Crippen molar-refractivity contribution < 1.29 is 23.9 Å². The number of carbonyl (C=O) groups excluding carboxylic acids is 3. The van der Waals surface area contributed by atoms with Gasteiger partial charge in [-0.25, -0.2) is 4.79 Å². The normalized spacial score (nSPS) is 15.3. The van der Waals surface area contributed by atoms with Crippen LogP contribution in [0.4, 0.5) is 5.00 Å². The molecular formula is C22H28N2O6S2. The highest BCUT2D eigenvalue weighted by Gasteiger charge is 2.29. The molecule has 1 atom stereocenters. The number of carbonyl (C=O) groups is 3. The first-order valence-corrected chi connectivity index (χ1v) is 12.3. The molecule has 1 N–H and O–H groups in total. The van der Waals surface area contributed by atoms with Crippen LogP contribution in [0.25, 0.3) is 0 Å². The summed E-state index contributed by atoms with van der Waals surface area (Å²) in [5, 5.41) is 4.90. The topological polar surface area (TPSA) is 104 Å². The number of aromatic nitrogens is 1. The van der Waals surface area contributed by atoms with E-state index in [0.29, 0.717) is 16.5 Å². The van der Waals surface area contributed by atoms with E-state index in [1.807, 2.05) is 0 Å². The molecule has 174 valence electrons. The van der Waals surface area contributed by atoms with Gasteiger partial charge in [-0.2, -0.15) is 0 Å². The zero-order chi connectivity index (χ0) is 23.4. The number of thiophene rings is 1. The third kappa shape index (κ3) is 5.86. The summed E-state index contributed by atoms with van der Waals surface area (Å²) in [5.74, 6) is -1.03. The maximum atomic E-state index is 12.7. The van der Waals surface area contributed by atoms with Crippen LogP contribution in [0.1, 0.15) is 60.1 Å². The Balaban J connectivity index is 1.62. The lowest BCUT2D eigenvalue weighted by molar-refractivity contribution is -0.147. The molecule has 0 fully saturated rings. The Morgan fingerprint density at radius 3 is 2.72 bits per heavy atom. The quantitative estimate of drug-likeness (QED) is 0.580. The largest absolute Gasteiger partial charge is 0.459 e. The van der Waals surface area contributed by atoms with Crippen molar-refractivity contribution in [1.29, 1.82) is 0 Å². The highest BCUT2D eigenvalue weighted by atomic mass is 32.1. The third-order valence-electron chi connectivity index (χ3n) is 5.19. The summed E-state index contributed by atoms with van der Waals surface area (Å²) in [4.78, 5) is 49.8. The van der Waals surface area contributed by atoms with Crippen molar-refractivity contribution in [2.45, 2.75) is 66.0 Å². The van der Waals surface area contributed by atoms with Crippen LogP contribution < -0.4 is 10.2 Å². The molecule has 2 aromatic rings. The van der Waals surface area contributed by atoms with Gasteiger partial charge in [-0.15, -0.1) is 11.3 Å². The second-order valence-corrected chi connectivity index (χ2v) is 10.2. The Kier molecular flexibility index (Phi) is 7.89. The van der Waals surface area contributed by atoms with Gasteiger partial charge < -0.3 is 19.4 Å². The smallest absolute Gasteiger partial charge is 0.341 e. The predicted octanol–water partition coefficient (Wildman–Crippen LogP) is 3.54. The molecule has 8 nitrogen and oxygen atoms in total. The van der Waals surface area contributed by atoms with Crippen LogP contribution in [0.2, 0.25) is 0 Å². The first-order valence-electron chi connectivity index (χ1n) is 10.6. The predicted molar refractivity (Wildman–Crippen MR) is 124 cm³/mol. The van der Waals surface area contributed by atoms with Crippen LogP contribution in [0.3, 0.4) is 0 Å². The van der Waals surface area contributed by atoms with Crippen LogP contribution in [0.5, 0.6) is 0 Å². The van der Waals surface area contributed by atoms with Crippen molar-refractivity contribution in [3.63, 3.8) is 0 Å². The molecular weight excluding hydrogens is 452 g/mol. The van der Waals surface area contributed by atoms with Gasteiger partial charge in [0.25, 0.3) is 5.91 Å². The van der Waals surface area contributed by atoms with E-state index >= 15 is 0 Å². The van der Waals surface area contributed by atoms with Gasteiger partial charge >= 0.3 is 16.8 Å². The molecule has 2 heterocycles. The van der Waals surface area contributed by atoms with Crippen LogP contribution in [0.15, 0.2) is 10.2 Å². The minimum Gasteiger partial charge on any atom is -0.459 e. The van der Waals surface area contributed by atoms with E-state index in [1.54, 1.807) is 26.2 Å². The summed E-state index contributed by atoms with van der Waals surface area (Å²) in [6, 6.07) is 0. The number of aryl methyl sites for hydroxylation is 1. The summed E-state index contributed by atoms with van der Waals surface area (Å²) in [7, 11) is 0. The molecule has 1 aliphatic rings. The van der Waals surface area contributed by atoms with Crippen molar-refractivity contribution in [3.8, 4) is 0 Å². The number of hydrogen-bond acceptors (Lipinski definition) is 8. The van der Waals surface area contributed by atoms with E-state index in [2.05, 4.69) is 12.2 Å². The van der Waals surface area contributed by atoms with Crippen molar-refractivity contribution in [1.82, 2.24) is 4.57 Å². The third-order valence-corrected chi connectivity index (χ3v) is 7.24. The van der Waals surface area contributed by atoms with E-state index < -0.39 is 24.5 Å². The van der Waals surface area contributed by atoms with Crippen LogP contribution in [-0.2, 0) is 38.4 Å². The molecule has 0 aliphatic heterocycles. The summed E-state index contributed by atoms with van der Waals surface area (Å²) in [6.45, 7) is 7.26. The highest BCUT2D eigenvalue weighted by molar-refractivity contribution is 7.17. The number of nitrogens with zero attached hydrogens (tertiary/aromatic N) is 1. The summed E-state index contributed by atoms with van der Waals surface area (Å²) in [5.41, 5.74) is 2.14. The number of ether oxygens (including phenoxy) is 2. The second-order valence-electron chi connectivity index (χ2n) is 8.26. The van der Waals surface area contributed by atoms with E-state index in [9.17, 15) is 19.2 Å². The maximum absolute atomic E-state index is 12.7. The molecule has 2 aromatic heterocycles. The molecule has 0 saturated carbocycles. The Morgan fingerprint density at radius 2 is 2.06 bits per heavy atom. The molecule has 3 rings (SSSR count). The molecule has 0 spiro atoms. The molecule has 32 heavy (non-hydrogen) atoms. The Bertz CT molecular complexity index is 1070. The lowest BCUT2D eigenvalue weighted by atomic mass is 9.88. The first kappa shape index (κ1) is 24.2. The maximum Gasteiger partial charge on any atom is 0.341 e. The average Bonchev–Trinajstić information content (AvgIpc) is 3.22. The Hall–Kier alpha value is -2.46. The summed E-state index contributed by atoms with van der Waals surface area (Å²) >= 11 is 2.46. The van der Waals surface area contributed by atoms with Crippen LogP contribution in [-0.4, -0.2) is 35.1 Å². The number of nitrogens with one attached hydrogen (secondary N) is 1. The fraction of sp³-hybridized carbons (Fsp3) is 0.545. The van der Waals surface area contributed by atoms with Crippen molar-refractivity contribution in [2.24, 2.45) is 5.92 Å². The standard InChI is InChI=1S/C22H28N2O6S2/c1-12(2)30-21(27)19-15-6-5-13(3)9-16(15)32-20(19)23-17(25)10-29-18(26)7-8-24-14(4)11-31-22(24)28/h11-13H,5-10H2,1-4H3,(H,23,25)/t13-/m0/s1. The van der Waals surface area contributed by atoms with E-state index in [0.717, 1.165) is 46.7 Å². The zero-order valence-electron chi connectivity index (χ0n) is 18.7. The van der Waals surface area contributed by atoms with Gasteiger partial charge in [0.2, 0.25) is 0 Å². The van der Waals surface area contributed by atoms with Crippen molar-refractivity contribution >= 4 is 45.5 Å². The summed E-state index contributed by atoms with van der Waals surface area (Å²) < 4.78 is 12.0. The van der Waals surface area contributed by atoms with E-state index in [4.69, 9.17) is 9.47 Å². The lowest BCUT2D eigenvalue weighted by Crippen LogP contribution is -2.23. The minimum absolute atomic E-state index is 0.0120. The number of fused-ring (bicyclic) bond motifs is 1. The van der Waals surface area contributed by atoms with Gasteiger partial charge in [0.05, 0.1) is 18.1 Å². The Labute approximate surface area is 194 Å². The van der Waals surface area contributed by atoms with Crippen LogP contribution in [0, 0.1) is 12.8 Å². The highest BCUT2D eigenvalue weighted by Crippen LogP contribution is 2.40. The molecule has 1 aliphatic carbocycles. The summed E-state index contributed by atoms with van der Waals surface area (Å²) in [6.07, 6.45) is 2.31. The Morgan fingerprint density at radius 1 is 1.31 bits per heavy atom. The number of thiazole rings is 1. The van der Waals surface area contributed by atoms with Gasteiger partial charge in [0, 0.05) is 22.5 Å². The second kappa shape index (κ2) is 10.4. The zero-order valence-corrected chi connectivity index (χ0v) is 20.3. The number of hydrogen-bond donors (Lipinski definition) is 1. The fourth-order valence-electron chi connectivity index (χ4n) is 3.59. The minimum atomic E-state index is -0.573. The molecule has 10 heteroatoms. The van der Waals surface area contributed by atoms with E-state index in [-0.39, 0.29) is 23.9 Å². The molecule has 0 aromatic carbocycles. The molecule has 0 radical (unpaired) electrons. The van der Waals surface area contributed by atoms with Gasteiger partial charge in [-0.1, -0.05) is 18.3 Å². The molecule has 1 amide bonds. The number of rotatable bonds is 8.